The molecule has 66 heavy (non-hydrogen) atoms. The first-order chi connectivity index (χ1) is 32.2. The van der Waals surface area contributed by atoms with Crippen LogP contribution in [0.3, 0.4) is 0 Å². The molecule has 314 valence electrons. The molecule has 0 spiro atoms. The highest BCUT2D eigenvalue weighted by Gasteiger charge is 2.54. The Morgan fingerprint density at radius 1 is 0.500 bits per heavy atom. The minimum atomic E-state index is -0.616. The monoisotopic (exact) mass is 846 g/mol. The summed E-state index contributed by atoms with van der Waals surface area (Å²) in [6.45, 7) is 11.5. The second-order valence-electron chi connectivity index (χ2n) is 20.4. The van der Waals surface area contributed by atoms with Gasteiger partial charge in [-0.15, -0.1) is 0 Å². The quantitative estimate of drug-likeness (QED) is 0.165. The van der Waals surface area contributed by atoms with Crippen molar-refractivity contribution in [2.24, 2.45) is 0 Å². The lowest BCUT2D eigenvalue weighted by molar-refractivity contribution is 0.590. The lowest BCUT2D eigenvalue weighted by atomic mass is 9.42. The van der Waals surface area contributed by atoms with E-state index in [1.165, 1.54) is 101 Å². The highest BCUT2D eigenvalue weighted by Crippen LogP contribution is 2.62. The Balaban J connectivity index is 1.19. The summed E-state index contributed by atoms with van der Waals surface area (Å²) >= 11 is 0. The van der Waals surface area contributed by atoms with Crippen molar-refractivity contribution in [1.29, 1.82) is 0 Å². The second kappa shape index (κ2) is 13.0. The van der Waals surface area contributed by atoms with Crippen LogP contribution in [0.25, 0.3) is 44.2 Å². The zero-order valence-corrected chi connectivity index (χ0v) is 37.9. The zero-order chi connectivity index (χ0) is 44.3. The molecule has 1 aromatic heterocycles. The number of benzene rings is 9. The largest absolute Gasteiger partial charge is 0.456 e. The van der Waals surface area contributed by atoms with E-state index in [-0.39, 0.29) is 17.7 Å². The molecule has 0 fully saturated rings. The molecule has 0 unspecified atom stereocenters. The number of para-hydroxylation sites is 3. The summed E-state index contributed by atoms with van der Waals surface area (Å²) in [5.41, 5.74) is 23.8. The van der Waals surface area contributed by atoms with Crippen LogP contribution in [0.1, 0.15) is 73.6 Å². The molecular formula is C62H47BN2O. The van der Waals surface area contributed by atoms with E-state index < -0.39 is 5.41 Å². The van der Waals surface area contributed by atoms with Gasteiger partial charge >= 0.3 is 6.85 Å². The van der Waals surface area contributed by atoms with Gasteiger partial charge in [-0.3, -0.25) is 0 Å². The number of fused-ring (bicyclic) bond motifs is 14. The van der Waals surface area contributed by atoms with Crippen LogP contribution in [0.15, 0.2) is 199 Å². The lowest BCUT2D eigenvalue weighted by Gasteiger charge is -2.52. The molecule has 1 aliphatic carbocycles. The number of rotatable bonds is 3. The third-order valence-corrected chi connectivity index (χ3v) is 15.7. The van der Waals surface area contributed by atoms with Crippen molar-refractivity contribution in [3.8, 4) is 22.3 Å². The summed E-state index contributed by atoms with van der Waals surface area (Å²) in [6.07, 6.45) is 0. The number of furan rings is 1. The van der Waals surface area contributed by atoms with Crippen LogP contribution in [0, 0.1) is 0 Å². The SMILES string of the molecule is CC(C)(C)c1ccc(N2B3c4cccc5c4N(c4ccccc4C5(c4ccccc4)c4ccccc4)c4c3c(cc3oc5ccccc5c43)-c3c2ccc2c3-c3ccccc3C2(C)C)cc1. The van der Waals surface area contributed by atoms with Crippen molar-refractivity contribution in [3.63, 3.8) is 0 Å². The van der Waals surface area contributed by atoms with Gasteiger partial charge in [0.2, 0.25) is 0 Å². The third kappa shape index (κ3) is 4.69. The Bertz CT molecular complexity index is 3630. The topological polar surface area (TPSA) is 19.6 Å². The maximum atomic E-state index is 7.08. The van der Waals surface area contributed by atoms with Gasteiger partial charge in [0, 0.05) is 33.4 Å². The highest BCUT2D eigenvalue weighted by molar-refractivity contribution is 6.94. The summed E-state index contributed by atoms with van der Waals surface area (Å²) in [6, 6.07) is 73.2. The van der Waals surface area contributed by atoms with Gasteiger partial charge in [-0.05, 0) is 108 Å². The predicted octanol–water partition coefficient (Wildman–Crippen LogP) is 14.6. The second-order valence-corrected chi connectivity index (χ2v) is 20.4. The maximum absolute atomic E-state index is 7.08. The number of hydrogen-bond acceptors (Lipinski definition) is 3. The van der Waals surface area contributed by atoms with Gasteiger partial charge < -0.3 is 14.1 Å². The molecule has 0 saturated heterocycles. The average Bonchev–Trinajstić information content (AvgIpc) is 3.84. The zero-order valence-electron chi connectivity index (χ0n) is 37.9. The van der Waals surface area contributed by atoms with E-state index >= 15 is 0 Å². The Morgan fingerprint density at radius 2 is 1.15 bits per heavy atom. The van der Waals surface area contributed by atoms with Crippen molar-refractivity contribution in [2.45, 2.75) is 50.9 Å². The smallest absolute Gasteiger partial charge is 0.333 e. The number of hydrogen-bond donors (Lipinski definition) is 0. The Kier molecular flexibility index (Phi) is 7.47. The fourth-order valence-corrected chi connectivity index (χ4v) is 12.8. The molecule has 4 heterocycles. The fraction of sp³-hybridized carbons (Fsp3) is 0.129. The minimum Gasteiger partial charge on any atom is -0.456 e. The first-order valence-corrected chi connectivity index (χ1v) is 23.5. The summed E-state index contributed by atoms with van der Waals surface area (Å²) in [4.78, 5) is 5.34. The molecule has 4 heteroatoms. The van der Waals surface area contributed by atoms with Gasteiger partial charge in [-0.25, -0.2) is 0 Å². The summed E-state index contributed by atoms with van der Waals surface area (Å²) in [5.74, 6) is 0. The molecule has 9 aromatic carbocycles. The third-order valence-electron chi connectivity index (χ3n) is 15.7. The van der Waals surface area contributed by atoms with E-state index in [9.17, 15) is 0 Å². The van der Waals surface area contributed by atoms with Crippen LogP contribution in [0.5, 0.6) is 0 Å². The fourth-order valence-electron chi connectivity index (χ4n) is 12.8. The van der Waals surface area contributed by atoms with Gasteiger partial charge in [0.15, 0.2) is 0 Å². The molecule has 3 aliphatic heterocycles. The molecule has 10 aromatic rings. The van der Waals surface area contributed by atoms with Gasteiger partial charge in [-0.2, -0.15) is 0 Å². The predicted molar refractivity (Wildman–Crippen MR) is 276 cm³/mol. The molecule has 0 saturated carbocycles. The van der Waals surface area contributed by atoms with Crippen LogP contribution in [0.2, 0.25) is 0 Å². The van der Waals surface area contributed by atoms with E-state index in [4.69, 9.17) is 4.42 Å². The Labute approximate surface area is 386 Å². The van der Waals surface area contributed by atoms with Crippen molar-refractivity contribution in [2.75, 3.05) is 9.71 Å². The Hall–Kier alpha value is -7.56. The van der Waals surface area contributed by atoms with Crippen LogP contribution in [-0.4, -0.2) is 6.85 Å². The van der Waals surface area contributed by atoms with E-state index in [0.717, 1.165) is 21.9 Å². The minimum absolute atomic E-state index is 0.0115. The van der Waals surface area contributed by atoms with Crippen LogP contribution in [0.4, 0.5) is 28.4 Å². The standard InChI is InChI=1S/C62H47BN2O/c1-60(2,3)38-31-33-41(34-32-38)65-51-36-35-47-54(42-23-12-14-25-45(42)61(47,4)5)55(51)44-37-53-56(43-24-13-17-30-52(43)66-53)59-57(44)63(65)49-28-18-27-48-58(49)64(59)50-29-16-15-26-46(50)62(48,39-19-8-6-9-20-39)40-21-10-7-11-22-40/h6-37H,1-5H3. The van der Waals surface area contributed by atoms with Gasteiger partial charge in [0.25, 0.3) is 0 Å². The Morgan fingerprint density at radius 3 is 1.89 bits per heavy atom. The lowest BCUT2D eigenvalue weighted by Crippen LogP contribution is -2.62. The van der Waals surface area contributed by atoms with Crippen LogP contribution >= 0.6 is 0 Å². The molecule has 0 amide bonds. The molecule has 0 N–H and O–H groups in total. The van der Waals surface area contributed by atoms with Crippen molar-refractivity contribution >= 4 is 68.1 Å². The van der Waals surface area contributed by atoms with Crippen LogP contribution < -0.4 is 20.6 Å². The van der Waals surface area contributed by atoms with Crippen molar-refractivity contribution in [3.05, 3.63) is 233 Å². The first-order valence-electron chi connectivity index (χ1n) is 23.5. The average molecular weight is 847 g/mol. The van der Waals surface area contributed by atoms with Crippen LogP contribution in [-0.2, 0) is 16.2 Å². The molecule has 0 atom stereocenters. The summed E-state index contributed by atoms with van der Waals surface area (Å²) < 4.78 is 7.08. The van der Waals surface area contributed by atoms with Gasteiger partial charge in [-0.1, -0.05) is 192 Å². The number of anilines is 5. The first kappa shape index (κ1) is 37.8. The van der Waals surface area contributed by atoms with E-state index in [0.29, 0.717) is 0 Å². The van der Waals surface area contributed by atoms with Gasteiger partial charge in [0.05, 0.1) is 22.2 Å². The van der Waals surface area contributed by atoms with Crippen molar-refractivity contribution < 1.29 is 4.42 Å². The van der Waals surface area contributed by atoms with E-state index in [1.807, 2.05) is 0 Å². The maximum Gasteiger partial charge on any atom is 0.333 e. The highest BCUT2D eigenvalue weighted by atomic mass is 16.3. The van der Waals surface area contributed by atoms with Crippen molar-refractivity contribution in [1.82, 2.24) is 0 Å². The van der Waals surface area contributed by atoms with E-state index in [1.54, 1.807) is 0 Å². The normalized spacial score (nSPS) is 15.5. The molecule has 0 radical (unpaired) electrons. The summed E-state index contributed by atoms with van der Waals surface area (Å²) in [5, 5.41) is 2.28. The molecule has 14 rings (SSSR count). The molecular weight excluding hydrogens is 800 g/mol. The molecule has 4 aliphatic rings. The summed E-state index contributed by atoms with van der Waals surface area (Å²) in [7, 11) is 0. The molecule has 3 nitrogen and oxygen atoms in total. The molecule has 0 bridgehead atoms. The number of nitrogens with zero attached hydrogens (tertiary/aromatic N) is 2. The van der Waals surface area contributed by atoms with E-state index in [2.05, 4.69) is 238 Å². The van der Waals surface area contributed by atoms with Gasteiger partial charge in [0.1, 0.15) is 11.2 Å².